The summed E-state index contributed by atoms with van der Waals surface area (Å²) in [7, 11) is 0. The number of rotatable bonds is 6. The molecule has 0 saturated carbocycles. The van der Waals surface area contributed by atoms with Crippen LogP contribution in [0.1, 0.15) is 22.4 Å². The van der Waals surface area contributed by atoms with Gasteiger partial charge < -0.3 is 0 Å². The van der Waals surface area contributed by atoms with Gasteiger partial charge in [0.05, 0.1) is 22.7 Å². The molecular weight excluding hydrogens is 380 g/mol. The summed E-state index contributed by atoms with van der Waals surface area (Å²) < 4.78 is 0. The van der Waals surface area contributed by atoms with Crippen LogP contribution in [0.2, 0.25) is 0 Å². The van der Waals surface area contributed by atoms with Gasteiger partial charge in [-0.1, -0.05) is 66.2 Å². The molecule has 144 valence electrons. The average Bonchev–Trinajstić information content (AvgIpc) is 2.98. The van der Waals surface area contributed by atoms with Gasteiger partial charge in [-0.15, -0.1) is 11.8 Å². The van der Waals surface area contributed by atoms with Crippen molar-refractivity contribution >= 4 is 29.1 Å². The molecule has 0 aliphatic carbocycles. The number of hydrogen-bond acceptors (Lipinski definition) is 4. The molecule has 1 aliphatic heterocycles. The SMILES string of the molecule is Cc1ccc(C2=C(SCc3ccccc3)C(=O)N(Cc3ccccn3)C2=O)cc1. The number of imide groups is 1. The summed E-state index contributed by atoms with van der Waals surface area (Å²) in [4.78, 5) is 32.5. The highest BCUT2D eigenvalue weighted by molar-refractivity contribution is 8.03. The molecule has 1 aromatic heterocycles. The predicted octanol–water partition coefficient (Wildman–Crippen LogP) is 4.60. The van der Waals surface area contributed by atoms with Gasteiger partial charge in [0, 0.05) is 11.9 Å². The summed E-state index contributed by atoms with van der Waals surface area (Å²) in [6, 6.07) is 23.2. The van der Waals surface area contributed by atoms with Crippen molar-refractivity contribution in [1.29, 1.82) is 0 Å². The molecule has 0 spiro atoms. The number of thioether (sulfide) groups is 1. The highest BCUT2D eigenvalue weighted by Gasteiger charge is 2.39. The number of pyridine rings is 1. The topological polar surface area (TPSA) is 50.3 Å². The molecule has 2 heterocycles. The smallest absolute Gasteiger partial charge is 0.268 e. The van der Waals surface area contributed by atoms with E-state index >= 15 is 0 Å². The van der Waals surface area contributed by atoms with E-state index in [0.717, 1.165) is 16.7 Å². The van der Waals surface area contributed by atoms with Crippen LogP contribution < -0.4 is 0 Å². The van der Waals surface area contributed by atoms with Crippen molar-refractivity contribution in [3.63, 3.8) is 0 Å². The molecule has 29 heavy (non-hydrogen) atoms. The third-order valence-electron chi connectivity index (χ3n) is 4.74. The summed E-state index contributed by atoms with van der Waals surface area (Å²) in [5, 5.41) is 0. The second-order valence-electron chi connectivity index (χ2n) is 6.86. The monoisotopic (exact) mass is 400 g/mol. The number of amides is 2. The molecule has 2 amide bonds. The van der Waals surface area contributed by atoms with Gasteiger partial charge in [-0.05, 0) is 30.2 Å². The van der Waals surface area contributed by atoms with Gasteiger partial charge in [-0.2, -0.15) is 0 Å². The molecule has 1 aliphatic rings. The lowest BCUT2D eigenvalue weighted by Crippen LogP contribution is -2.31. The highest BCUT2D eigenvalue weighted by atomic mass is 32.2. The quantitative estimate of drug-likeness (QED) is 0.567. The van der Waals surface area contributed by atoms with Crippen LogP contribution in [0.25, 0.3) is 5.57 Å². The molecular formula is C24H20N2O2S. The van der Waals surface area contributed by atoms with E-state index in [9.17, 15) is 9.59 Å². The summed E-state index contributed by atoms with van der Waals surface area (Å²) in [5.41, 5.74) is 4.15. The maximum Gasteiger partial charge on any atom is 0.268 e. The average molecular weight is 401 g/mol. The summed E-state index contributed by atoms with van der Waals surface area (Å²) in [6.07, 6.45) is 1.67. The van der Waals surface area contributed by atoms with E-state index in [-0.39, 0.29) is 18.4 Å². The maximum atomic E-state index is 13.2. The van der Waals surface area contributed by atoms with E-state index < -0.39 is 0 Å². The minimum atomic E-state index is -0.264. The first-order valence-corrected chi connectivity index (χ1v) is 10.4. The van der Waals surface area contributed by atoms with Crippen LogP contribution in [-0.2, 0) is 21.9 Å². The third-order valence-corrected chi connectivity index (χ3v) is 5.88. The van der Waals surface area contributed by atoms with Crippen molar-refractivity contribution in [3.05, 3.63) is 106 Å². The van der Waals surface area contributed by atoms with Crippen molar-refractivity contribution < 1.29 is 9.59 Å². The lowest BCUT2D eigenvalue weighted by molar-refractivity contribution is -0.137. The standard InChI is InChI=1S/C24H20N2O2S/c1-17-10-12-19(13-11-17)21-22(29-16-18-7-3-2-4-8-18)24(28)26(23(21)27)15-20-9-5-6-14-25-20/h2-14H,15-16H2,1H3. The Hall–Kier alpha value is -3.18. The van der Waals surface area contributed by atoms with E-state index in [2.05, 4.69) is 4.98 Å². The van der Waals surface area contributed by atoms with Crippen molar-refractivity contribution in [2.24, 2.45) is 0 Å². The second-order valence-corrected chi connectivity index (χ2v) is 7.85. The van der Waals surface area contributed by atoms with Crippen LogP contribution in [0.3, 0.4) is 0 Å². The summed E-state index contributed by atoms with van der Waals surface area (Å²) in [5.74, 6) is 0.111. The largest absolute Gasteiger partial charge is 0.269 e. The van der Waals surface area contributed by atoms with Gasteiger partial charge in [0.2, 0.25) is 0 Å². The Morgan fingerprint density at radius 1 is 0.862 bits per heavy atom. The zero-order valence-electron chi connectivity index (χ0n) is 16.0. The predicted molar refractivity (Wildman–Crippen MR) is 116 cm³/mol. The Morgan fingerprint density at radius 3 is 2.28 bits per heavy atom. The molecule has 5 heteroatoms. The number of aromatic nitrogens is 1. The second kappa shape index (κ2) is 8.45. The first kappa shape index (κ1) is 19.2. The molecule has 2 aromatic carbocycles. The van der Waals surface area contributed by atoms with Crippen molar-refractivity contribution in [2.45, 2.75) is 19.2 Å². The number of hydrogen-bond donors (Lipinski definition) is 0. The van der Waals surface area contributed by atoms with E-state index in [4.69, 9.17) is 0 Å². The van der Waals surface area contributed by atoms with Crippen LogP contribution in [0.5, 0.6) is 0 Å². The number of aryl methyl sites for hydroxylation is 1. The van der Waals surface area contributed by atoms with Crippen molar-refractivity contribution in [2.75, 3.05) is 0 Å². The van der Waals surface area contributed by atoms with Gasteiger partial charge in [0.1, 0.15) is 0 Å². The Kier molecular flexibility index (Phi) is 5.58. The molecule has 0 saturated heterocycles. The van der Waals surface area contributed by atoms with Crippen LogP contribution >= 0.6 is 11.8 Å². The van der Waals surface area contributed by atoms with Gasteiger partial charge >= 0.3 is 0 Å². The molecule has 0 bridgehead atoms. The normalized spacial score (nSPS) is 14.0. The number of benzene rings is 2. The highest BCUT2D eigenvalue weighted by Crippen LogP contribution is 2.38. The lowest BCUT2D eigenvalue weighted by Gasteiger charge is -2.14. The number of carbonyl (C=O) groups excluding carboxylic acids is 2. The Morgan fingerprint density at radius 2 is 1.59 bits per heavy atom. The first-order valence-electron chi connectivity index (χ1n) is 9.37. The Labute approximate surface area is 174 Å². The molecule has 3 aromatic rings. The van der Waals surface area contributed by atoms with Crippen LogP contribution in [0.15, 0.2) is 83.9 Å². The molecule has 0 unspecified atom stereocenters. The van der Waals surface area contributed by atoms with Gasteiger partial charge in [0.25, 0.3) is 11.8 Å². The zero-order valence-corrected chi connectivity index (χ0v) is 16.9. The molecule has 4 rings (SSSR count). The van der Waals surface area contributed by atoms with Gasteiger partial charge in [0.15, 0.2) is 0 Å². The lowest BCUT2D eigenvalue weighted by atomic mass is 10.0. The fraction of sp³-hybridized carbons (Fsp3) is 0.125. The fourth-order valence-electron chi connectivity index (χ4n) is 3.19. The van der Waals surface area contributed by atoms with E-state index in [1.54, 1.807) is 6.20 Å². The maximum absolute atomic E-state index is 13.2. The van der Waals surface area contributed by atoms with Crippen LogP contribution in [-0.4, -0.2) is 21.7 Å². The molecule has 0 radical (unpaired) electrons. The number of carbonyl (C=O) groups is 2. The Bertz CT molecular complexity index is 1060. The van der Waals surface area contributed by atoms with Crippen LogP contribution in [0, 0.1) is 6.92 Å². The fourth-order valence-corrected chi connectivity index (χ4v) is 4.28. The first-order chi connectivity index (χ1) is 14.1. The molecule has 0 atom stereocenters. The molecule has 0 N–H and O–H groups in total. The zero-order chi connectivity index (χ0) is 20.2. The Balaban J connectivity index is 1.67. The molecule has 4 nitrogen and oxygen atoms in total. The van der Waals surface area contributed by atoms with Gasteiger partial charge in [-0.25, -0.2) is 0 Å². The third kappa shape index (κ3) is 4.15. The van der Waals surface area contributed by atoms with E-state index in [0.29, 0.717) is 21.9 Å². The van der Waals surface area contributed by atoms with E-state index in [1.807, 2.05) is 79.7 Å². The minimum Gasteiger partial charge on any atom is -0.269 e. The summed E-state index contributed by atoms with van der Waals surface area (Å²) in [6.45, 7) is 2.17. The molecule has 0 fully saturated rings. The van der Waals surface area contributed by atoms with E-state index in [1.165, 1.54) is 16.7 Å². The summed E-state index contributed by atoms with van der Waals surface area (Å²) >= 11 is 1.42. The van der Waals surface area contributed by atoms with Crippen molar-refractivity contribution in [3.8, 4) is 0 Å². The number of nitrogens with zero attached hydrogens (tertiary/aromatic N) is 2. The van der Waals surface area contributed by atoms with Gasteiger partial charge in [-0.3, -0.25) is 19.5 Å². The van der Waals surface area contributed by atoms with Crippen molar-refractivity contribution in [1.82, 2.24) is 9.88 Å². The minimum absolute atomic E-state index is 0.170. The van der Waals surface area contributed by atoms with Crippen LogP contribution in [0.4, 0.5) is 0 Å².